The summed E-state index contributed by atoms with van der Waals surface area (Å²) in [7, 11) is 0. The third-order valence-corrected chi connectivity index (χ3v) is 4.79. The molecule has 3 unspecified atom stereocenters. The van der Waals surface area contributed by atoms with Crippen LogP contribution in [-0.4, -0.2) is 83.2 Å². The van der Waals surface area contributed by atoms with Gasteiger partial charge in [-0.1, -0.05) is 0 Å². The Labute approximate surface area is 174 Å². The molecule has 0 aromatic carbocycles. The second-order valence-corrected chi connectivity index (χ2v) is 6.91. The van der Waals surface area contributed by atoms with Crippen LogP contribution in [0.25, 0.3) is 0 Å². The van der Waals surface area contributed by atoms with Crippen LogP contribution in [0, 0.1) is 0 Å². The lowest BCUT2D eigenvalue weighted by Gasteiger charge is -2.26. The quantitative estimate of drug-likeness (QED) is 0.0773. The lowest BCUT2D eigenvalue weighted by Crippen LogP contribution is -2.56. The fraction of sp³-hybridized carbons (Fsp3) is 0.688. The maximum absolute atomic E-state index is 12.5. The number of carbonyl (C=O) groups excluding carboxylic acids is 3. The minimum atomic E-state index is -1.22. The summed E-state index contributed by atoms with van der Waals surface area (Å²) in [5.74, 6) is -2.90. The van der Waals surface area contributed by atoms with Crippen molar-refractivity contribution in [3.63, 3.8) is 0 Å². The summed E-state index contributed by atoms with van der Waals surface area (Å²) >= 11 is 4.07. The van der Waals surface area contributed by atoms with E-state index < -0.39 is 35.9 Å². The van der Waals surface area contributed by atoms with Gasteiger partial charge in [-0.15, -0.1) is 0 Å². The first kappa shape index (κ1) is 24.5. The van der Waals surface area contributed by atoms with E-state index in [1.54, 1.807) is 0 Å². The third-order valence-electron chi connectivity index (χ3n) is 4.43. The highest BCUT2D eigenvalue weighted by Crippen LogP contribution is 2.17. The third kappa shape index (κ3) is 7.77. The first-order valence-electron chi connectivity index (χ1n) is 9.20. The predicted octanol–water partition coefficient (Wildman–Crippen LogP) is -3.03. The van der Waals surface area contributed by atoms with Gasteiger partial charge in [-0.2, -0.15) is 12.6 Å². The summed E-state index contributed by atoms with van der Waals surface area (Å²) in [5.41, 5.74) is 15.8. The summed E-state index contributed by atoms with van der Waals surface area (Å²) in [6, 6.07) is -2.94. The van der Waals surface area contributed by atoms with E-state index in [2.05, 4.69) is 28.3 Å². The number of amides is 3. The molecule has 12 nitrogen and oxygen atoms in total. The Morgan fingerprint density at radius 3 is 2.45 bits per heavy atom. The molecule has 0 spiro atoms. The van der Waals surface area contributed by atoms with E-state index >= 15 is 0 Å². The molecule has 0 aliphatic carbocycles. The van der Waals surface area contributed by atoms with Crippen LogP contribution in [-0.2, 0) is 19.2 Å². The summed E-state index contributed by atoms with van der Waals surface area (Å²) in [4.78, 5) is 53.3. The van der Waals surface area contributed by atoms with E-state index in [4.69, 9.17) is 17.2 Å². The number of carboxylic acids is 1. The van der Waals surface area contributed by atoms with Crippen LogP contribution >= 0.6 is 12.6 Å². The molecule has 1 aliphatic rings. The number of aliphatic carboxylic acids is 1. The van der Waals surface area contributed by atoms with E-state index in [0.717, 1.165) is 0 Å². The zero-order valence-corrected chi connectivity index (χ0v) is 16.9. The monoisotopic (exact) mass is 431 g/mol. The summed E-state index contributed by atoms with van der Waals surface area (Å²) < 4.78 is 0. The highest BCUT2D eigenvalue weighted by Gasteiger charge is 2.35. The van der Waals surface area contributed by atoms with Gasteiger partial charge in [-0.3, -0.25) is 19.4 Å². The molecule has 1 aliphatic heterocycles. The maximum Gasteiger partial charge on any atom is 0.326 e. The highest BCUT2D eigenvalue weighted by molar-refractivity contribution is 7.80. The highest BCUT2D eigenvalue weighted by atomic mass is 32.1. The number of guanidine groups is 1. The number of nitrogens with zero attached hydrogens (tertiary/aromatic N) is 2. The molecule has 0 radical (unpaired) electrons. The van der Waals surface area contributed by atoms with Crippen LogP contribution in [0.1, 0.15) is 25.7 Å². The van der Waals surface area contributed by atoms with Crippen molar-refractivity contribution in [3.8, 4) is 0 Å². The van der Waals surface area contributed by atoms with Gasteiger partial charge in [-0.05, 0) is 25.7 Å². The van der Waals surface area contributed by atoms with E-state index in [-0.39, 0.29) is 37.1 Å². The number of thiol groups is 1. The molecule has 164 valence electrons. The zero-order chi connectivity index (χ0) is 22.0. The number of aliphatic imine (C=N–C) groups is 1. The van der Waals surface area contributed by atoms with Gasteiger partial charge in [0.15, 0.2) is 5.96 Å². The van der Waals surface area contributed by atoms with Crippen molar-refractivity contribution < 1.29 is 24.3 Å². The molecule has 0 aromatic heterocycles. The molecule has 1 rings (SSSR count). The van der Waals surface area contributed by atoms with Crippen LogP contribution in [0.3, 0.4) is 0 Å². The first-order chi connectivity index (χ1) is 13.7. The zero-order valence-electron chi connectivity index (χ0n) is 16.0. The average molecular weight is 432 g/mol. The van der Waals surface area contributed by atoms with Gasteiger partial charge in [-0.25, -0.2) is 4.79 Å². The van der Waals surface area contributed by atoms with Crippen molar-refractivity contribution in [2.75, 3.05) is 25.4 Å². The lowest BCUT2D eigenvalue weighted by atomic mass is 10.1. The molecule has 9 N–H and O–H groups in total. The van der Waals surface area contributed by atoms with Crippen LogP contribution < -0.4 is 27.8 Å². The molecule has 1 fully saturated rings. The number of carbonyl (C=O) groups is 4. The molecule has 13 heteroatoms. The Balaban J connectivity index is 2.66. The molecule has 0 aromatic rings. The van der Waals surface area contributed by atoms with E-state index in [9.17, 15) is 24.3 Å². The minimum absolute atomic E-state index is 0.0462. The van der Waals surface area contributed by atoms with Crippen LogP contribution in [0.2, 0.25) is 0 Å². The van der Waals surface area contributed by atoms with Crippen molar-refractivity contribution >= 4 is 42.3 Å². The standard InChI is InChI=1S/C16H29N7O5S/c17-7-12(24)23-6-2-4-11(23)14(26)22-10(8-29)13(25)21-9(15(27)28)3-1-5-20-16(18)19/h9-11,29H,1-8,17H2,(H,21,25)(H,22,26)(H,27,28)(H4,18,19,20). The predicted molar refractivity (Wildman–Crippen MR) is 109 cm³/mol. The minimum Gasteiger partial charge on any atom is -0.480 e. The van der Waals surface area contributed by atoms with Crippen LogP contribution in [0.15, 0.2) is 4.99 Å². The van der Waals surface area contributed by atoms with E-state index in [1.807, 2.05) is 0 Å². The molecular weight excluding hydrogens is 402 g/mol. The average Bonchev–Trinajstić information content (AvgIpc) is 3.16. The Kier molecular flexibility index (Phi) is 10.2. The van der Waals surface area contributed by atoms with Gasteiger partial charge in [0.05, 0.1) is 6.54 Å². The van der Waals surface area contributed by atoms with Gasteiger partial charge in [0.2, 0.25) is 17.7 Å². The number of nitrogens with one attached hydrogen (secondary N) is 2. The second kappa shape index (κ2) is 12.1. The van der Waals surface area contributed by atoms with Gasteiger partial charge >= 0.3 is 5.97 Å². The van der Waals surface area contributed by atoms with E-state index in [0.29, 0.717) is 25.8 Å². The fourth-order valence-electron chi connectivity index (χ4n) is 2.95. The molecule has 0 bridgehead atoms. The van der Waals surface area contributed by atoms with Crippen molar-refractivity contribution in [1.29, 1.82) is 0 Å². The number of hydrogen-bond donors (Lipinski definition) is 7. The molecule has 29 heavy (non-hydrogen) atoms. The Bertz CT molecular complexity index is 641. The summed E-state index contributed by atoms with van der Waals surface area (Å²) in [6.45, 7) is 0.435. The first-order valence-corrected chi connectivity index (χ1v) is 9.83. The van der Waals surface area contributed by atoms with Crippen LogP contribution in [0.5, 0.6) is 0 Å². The summed E-state index contributed by atoms with van der Waals surface area (Å²) in [6.07, 6.45) is 1.55. The molecule has 0 saturated carbocycles. The molecule has 3 amide bonds. The van der Waals surface area contributed by atoms with Crippen molar-refractivity contribution in [1.82, 2.24) is 15.5 Å². The smallest absolute Gasteiger partial charge is 0.326 e. The Morgan fingerprint density at radius 1 is 1.21 bits per heavy atom. The maximum atomic E-state index is 12.5. The van der Waals surface area contributed by atoms with Gasteiger partial charge < -0.3 is 37.8 Å². The lowest BCUT2D eigenvalue weighted by molar-refractivity contribution is -0.142. The number of rotatable bonds is 11. The van der Waals surface area contributed by atoms with Gasteiger partial charge in [0.1, 0.15) is 18.1 Å². The number of likely N-dealkylation sites (tertiary alicyclic amines) is 1. The van der Waals surface area contributed by atoms with Crippen LogP contribution in [0.4, 0.5) is 0 Å². The van der Waals surface area contributed by atoms with Gasteiger partial charge in [0.25, 0.3) is 0 Å². The fourth-order valence-corrected chi connectivity index (χ4v) is 3.21. The summed E-state index contributed by atoms with van der Waals surface area (Å²) in [5, 5.41) is 14.2. The van der Waals surface area contributed by atoms with Gasteiger partial charge in [0, 0.05) is 18.8 Å². The number of hydrogen-bond acceptors (Lipinski definition) is 7. The topological polar surface area (TPSA) is 206 Å². The molecular formula is C16H29N7O5S. The van der Waals surface area contributed by atoms with Crippen molar-refractivity contribution in [2.24, 2.45) is 22.2 Å². The van der Waals surface area contributed by atoms with Crippen molar-refractivity contribution in [3.05, 3.63) is 0 Å². The molecule has 3 atom stereocenters. The molecule has 1 heterocycles. The number of carboxylic acid groups (broad SMARTS) is 1. The SMILES string of the molecule is NCC(=O)N1CCCC1C(=O)NC(CS)C(=O)NC(CCCN=C(N)N)C(=O)O. The van der Waals surface area contributed by atoms with Crippen molar-refractivity contribution in [2.45, 2.75) is 43.8 Å². The number of nitrogens with two attached hydrogens (primary N) is 3. The molecule has 1 saturated heterocycles. The Hall–Kier alpha value is -2.54. The largest absolute Gasteiger partial charge is 0.480 e. The Morgan fingerprint density at radius 2 is 1.90 bits per heavy atom. The van der Waals surface area contributed by atoms with E-state index in [1.165, 1.54) is 4.90 Å². The second-order valence-electron chi connectivity index (χ2n) is 6.54. The normalized spacial score (nSPS) is 17.9.